The normalized spacial score (nSPS) is 16.9. The van der Waals surface area contributed by atoms with Gasteiger partial charge < -0.3 is 19.9 Å². The van der Waals surface area contributed by atoms with Crippen molar-refractivity contribution < 1.29 is 14.3 Å². The van der Waals surface area contributed by atoms with Gasteiger partial charge in [0.25, 0.3) is 0 Å². The Morgan fingerprint density at radius 3 is 2.79 bits per heavy atom. The van der Waals surface area contributed by atoms with Crippen LogP contribution in [0.15, 0.2) is 30.6 Å². The summed E-state index contributed by atoms with van der Waals surface area (Å²) in [5, 5.41) is 18.0. The van der Waals surface area contributed by atoms with E-state index in [2.05, 4.69) is 31.4 Å². The molecule has 38 heavy (non-hydrogen) atoms. The number of piperidine rings is 1. The van der Waals surface area contributed by atoms with E-state index in [1.807, 2.05) is 19.2 Å². The Hall–Kier alpha value is -4.17. The summed E-state index contributed by atoms with van der Waals surface area (Å²) < 4.78 is 7.33. The standard InChI is InChI=1S/C26H25ClN8O3/c1-34-19-10-16(27)4-5-17(19)22(33-34)18-12-29-24-23(31-18)20(13-30-24)38-26(37)32-21(15-2-3-15)25(36)35-8-6-14(11-28)7-9-35/h4-5,10,12-15,21H,2-3,6-9H2,1H3,(H,29,30)(H,32,37)/t21-/m1/s1. The van der Waals surface area contributed by atoms with Gasteiger partial charge in [-0.25, -0.2) is 14.8 Å². The monoisotopic (exact) mass is 532 g/mol. The summed E-state index contributed by atoms with van der Waals surface area (Å²) in [6, 6.07) is 7.12. The summed E-state index contributed by atoms with van der Waals surface area (Å²) in [6.45, 7) is 1.04. The van der Waals surface area contributed by atoms with E-state index < -0.39 is 12.1 Å². The van der Waals surface area contributed by atoms with Crippen molar-refractivity contribution in [2.24, 2.45) is 18.9 Å². The molecule has 12 heteroatoms. The molecule has 0 bridgehead atoms. The Balaban J connectivity index is 1.21. The molecule has 2 aliphatic rings. The Bertz CT molecular complexity index is 1590. The fraction of sp³-hybridized carbons (Fsp3) is 0.385. The van der Waals surface area contributed by atoms with Crippen LogP contribution in [0.4, 0.5) is 4.79 Å². The number of carbonyl (C=O) groups is 2. The zero-order chi connectivity index (χ0) is 26.4. The highest BCUT2D eigenvalue weighted by molar-refractivity contribution is 6.31. The maximum Gasteiger partial charge on any atom is 0.413 e. The van der Waals surface area contributed by atoms with Gasteiger partial charge in [-0.05, 0) is 49.8 Å². The molecule has 194 valence electrons. The van der Waals surface area contributed by atoms with E-state index >= 15 is 0 Å². The zero-order valence-corrected chi connectivity index (χ0v) is 21.4. The topological polar surface area (TPSA) is 142 Å². The third-order valence-corrected chi connectivity index (χ3v) is 7.46. The van der Waals surface area contributed by atoms with Crippen molar-refractivity contribution in [2.75, 3.05) is 13.1 Å². The molecule has 4 aromatic rings. The lowest BCUT2D eigenvalue weighted by Crippen LogP contribution is -2.52. The molecule has 1 aliphatic heterocycles. The second-order valence-corrected chi connectivity index (χ2v) is 10.3. The molecule has 3 aromatic heterocycles. The number of hydrogen-bond donors (Lipinski definition) is 2. The van der Waals surface area contributed by atoms with E-state index in [4.69, 9.17) is 21.6 Å². The van der Waals surface area contributed by atoms with Crippen LogP contribution in [0.2, 0.25) is 5.02 Å². The predicted molar refractivity (Wildman–Crippen MR) is 139 cm³/mol. The van der Waals surface area contributed by atoms with Gasteiger partial charge in [-0.2, -0.15) is 10.4 Å². The maximum absolute atomic E-state index is 13.2. The second kappa shape index (κ2) is 9.61. The van der Waals surface area contributed by atoms with Gasteiger partial charge in [0, 0.05) is 42.7 Å². The lowest BCUT2D eigenvalue weighted by atomic mass is 9.97. The van der Waals surface area contributed by atoms with E-state index in [0.29, 0.717) is 53.5 Å². The Kier molecular flexibility index (Phi) is 6.12. The number of halogens is 1. The molecular weight excluding hydrogens is 508 g/mol. The van der Waals surface area contributed by atoms with E-state index in [0.717, 1.165) is 23.7 Å². The van der Waals surface area contributed by atoms with Crippen molar-refractivity contribution in [1.29, 1.82) is 5.26 Å². The first-order valence-electron chi connectivity index (χ1n) is 12.5. The molecule has 4 heterocycles. The van der Waals surface area contributed by atoms with Gasteiger partial charge in [0.1, 0.15) is 17.4 Å². The van der Waals surface area contributed by atoms with Gasteiger partial charge in [0.05, 0.1) is 17.8 Å². The molecule has 2 amide bonds. The first-order valence-corrected chi connectivity index (χ1v) is 12.9. The number of H-pyrrole nitrogens is 1. The second-order valence-electron chi connectivity index (χ2n) is 9.82. The molecule has 1 aromatic carbocycles. The summed E-state index contributed by atoms with van der Waals surface area (Å²) in [5.74, 6) is 0.145. The summed E-state index contributed by atoms with van der Waals surface area (Å²) in [5.41, 5.74) is 2.83. The van der Waals surface area contributed by atoms with Crippen molar-refractivity contribution in [3.8, 4) is 23.2 Å². The van der Waals surface area contributed by atoms with E-state index in [1.165, 1.54) is 6.20 Å². The molecule has 1 aliphatic carbocycles. The number of rotatable bonds is 5. The summed E-state index contributed by atoms with van der Waals surface area (Å²) in [4.78, 5) is 39.9. The summed E-state index contributed by atoms with van der Waals surface area (Å²) in [7, 11) is 1.83. The van der Waals surface area contributed by atoms with Crippen molar-refractivity contribution in [2.45, 2.75) is 31.7 Å². The number of aromatic amines is 1. The summed E-state index contributed by atoms with van der Waals surface area (Å²) >= 11 is 6.15. The number of aryl methyl sites for hydroxylation is 1. The molecule has 11 nitrogen and oxygen atoms in total. The minimum absolute atomic E-state index is 0.0221. The summed E-state index contributed by atoms with van der Waals surface area (Å²) in [6.07, 6.45) is 5.44. The highest BCUT2D eigenvalue weighted by atomic mass is 35.5. The number of nitrogens with one attached hydrogen (secondary N) is 2. The van der Waals surface area contributed by atoms with Gasteiger partial charge in [-0.3, -0.25) is 9.48 Å². The molecule has 2 fully saturated rings. The van der Waals surface area contributed by atoms with Gasteiger partial charge in [0.15, 0.2) is 16.9 Å². The molecule has 2 N–H and O–H groups in total. The number of nitriles is 1. The average molecular weight is 533 g/mol. The van der Waals surface area contributed by atoms with Crippen molar-refractivity contribution in [1.82, 2.24) is 34.9 Å². The SMILES string of the molecule is Cn1nc(-c2cnc3[nH]cc(OC(=O)N[C@@H](C(=O)N4CCC(C#N)CC4)C4CC4)c3n2)c2ccc(Cl)cc21. The molecular formula is C26H25ClN8O3. The predicted octanol–water partition coefficient (Wildman–Crippen LogP) is 3.79. The van der Waals surface area contributed by atoms with Crippen molar-refractivity contribution in [3.63, 3.8) is 0 Å². The highest BCUT2D eigenvalue weighted by Gasteiger charge is 2.40. The first-order chi connectivity index (χ1) is 18.4. The number of carbonyl (C=O) groups excluding carboxylic acids is 2. The third kappa shape index (κ3) is 4.52. The lowest BCUT2D eigenvalue weighted by molar-refractivity contribution is -0.135. The van der Waals surface area contributed by atoms with Crippen LogP contribution in [-0.4, -0.2) is 60.8 Å². The van der Waals surface area contributed by atoms with Crippen LogP contribution in [0.25, 0.3) is 33.5 Å². The molecule has 1 atom stereocenters. The smallest absolute Gasteiger partial charge is 0.406 e. The van der Waals surface area contributed by atoms with Gasteiger partial charge in [-0.1, -0.05) is 11.6 Å². The van der Waals surface area contributed by atoms with Crippen molar-refractivity contribution in [3.05, 3.63) is 35.6 Å². The van der Waals surface area contributed by atoms with Crippen LogP contribution in [-0.2, 0) is 11.8 Å². The molecule has 0 radical (unpaired) electrons. The largest absolute Gasteiger partial charge is 0.413 e. The van der Waals surface area contributed by atoms with E-state index in [1.54, 1.807) is 21.8 Å². The minimum atomic E-state index is -0.729. The van der Waals surface area contributed by atoms with Gasteiger partial charge in [-0.15, -0.1) is 0 Å². The van der Waals surface area contributed by atoms with Crippen LogP contribution < -0.4 is 10.1 Å². The molecule has 0 spiro atoms. The van der Waals surface area contributed by atoms with Crippen LogP contribution in [0.1, 0.15) is 25.7 Å². The number of hydrogen-bond acceptors (Lipinski definition) is 7. The number of likely N-dealkylation sites (tertiary alicyclic amines) is 1. The molecule has 1 saturated carbocycles. The first kappa shape index (κ1) is 24.2. The fourth-order valence-corrected chi connectivity index (χ4v) is 5.14. The maximum atomic E-state index is 13.2. The fourth-order valence-electron chi connectivity index (χ4n) is 4.97. The van der Waals surface area contributed by atoms with Crippen LogP contribution >= 0.6 is 11.6 Å². The Labute approximate surface area is 222 Å². The van der Waals surface area contributed by atoms with Gasteiger partial charge >= 0.3 is 6.09 Å². The number of amides is 2. The molecule has 6 rings (SSSR count). The minimum Gasteiger partial charge on any atom is -0.406 e. The Morgan fingerprint density at radius 2 is 2.05 bits per heavy atom. The van der Waals surface area contributed by atoms with Crippen LogP contribution in [0.3, 0.4) is 0 Å². The lowest BCUT2D eigenvalue weighted by Gasteiger charge is -2.32. The van der Waals surface area contributed by atoms with Crippen LogP contribution in [0, 0.1) is 23.2 Å². The third-order valence-electron chi connectivity index (χ3n) is 7.23. The van der Waals surface area contributed by atoms with E-state index in [9.17, 15) is 9.59 Å². The number of nitrogens with zero attached hydrogens (tertiary/aromatic N) is 6. The Morgan fingerprint density at radius 1 is 1.26 bits per heavy atom. The number of benzene rings is 1. The molecule has 0 unspecified atom stereocenters. The quantitative estimate of drug-likeness (QED) is 0.398. The van der Waals surface area contributed by atoms with Crippen molar-refractivity contribution >= 4 is 45.7 Å². The molecule has 1 saturated heterocycles. The van der Waals surface area contributed by atoms with Crippen LogP contribution in [0.5, 0.6) is 5.75 Å². The van der Waals surface area contributed by atoms with E-state index in [-0.39, 0.29) is 23.5 Å². The number of ether oxygens (including phenoxy) is 1. The number of aromatic nitrogens is 5. The average Bonchev–Trinajstić information content (AvgIpc) is 3.63. The zero-order valence-electron chi connectivity index (χ0n) is 20.6. The highest BCUT2D eigenvalue weighted by Crippen LogP contribution is 2.35. The van der Waals surface area contributed by atoms with Gasteiger partial charge in [0.2, 0.25) is 5.91 Å². The number of fused-ring (bicyclic) bond motifs is 2.